The molecule has 9 heteroatoms. The highest BCUT2D eigenvalue weighted by molar-refractivity contribution is 7.89. The van der Waals surface area contributed by atoms with E-state index in [9.17, 15) is 23.1 Å². The number of carboxylic acid groups (broad SMARTS) is 1. The molecule has 8 nitrogen and oxygen atoms in total. The molecule has 2 heterocycles. The number of fused-ring (bicyclic) bond motifs is 1. The van der Waals surface area contributed by atoms with Crippen molar-refractivity contribution in [2.75, 3.05) is 19.6 Å². The van der Waals surface area contributed by atoms with Gasteiger partial charge in [0.1, 0.15) is 4.90 Å². The second-order valence-corrected chi connectivity index (χ2v) is 8.43. The summed E-state index contributed by atoms with van der Waals surface area (Å²) in [6.07, 6.45) is 5.02. The Kier molecular flexibility index (Phi) is 4.79. The van der Waals surface area contributed by atoms with Crippen LogP contribution in [0, 0.1) is 11.3 Å². The molecule has 0 radical (unpaired) electrons. The van der Waals surface area contributed by atoms with Gasteiger partial charge in [-0.25, -0.2) is 13.1 Å². The maximum atomic E-state index is 12.3. The molecule has 1 saturated heterocycles. The van der Waals surface area contributed by atoms with Gasteiger partial charge in [0.05, 0.1) is 5.41 Å². The van der Waals surface area contributed by atoms with Crippen LogP contribution in [0.5, 0.6) is 0 Å². The van der Waals surface area contributed by atoms with Gasteiger partial charge in [0.15, 0.2) is 0 Å². The first-order chi connectivity index (χ1) is 11.8. The summed E-state index contributed by atoms with van der Waals surface area (Å²) in [5.41, 5.74) is -0.815. The number of hydrogen-bond donors (Lipinski definition) is 2. The number of amides is 1. The van der Waals surface area contributed by atoms with E-state index in [-0.39, 0.29) is 36.2 Å². The van der Waals surface area contributed by atoms with E-state index in [0.717, 1.165) is 12.8 Å². The van der Waals surface area contributed by atoms with E-state index in [0.29, 0.717) is 13.0 Å². The summed E-state index contributed by atoms with van der Waals surface area (Å²) in [4.78, 5) is 29.4. The molecular weight excluding hydrogens is 346 g/mol. The lowest BCUT2D eigenvalue weighted by Crippen LogP contribution is -2.38. The number of likely N-dealkylation sites (tertiary alicyclic amines) is 1. The van der Waals surface area contributed by atoms with Gasteiger partial charge in [-0.15, -0.1) is 0 Å². The van der Waals surface area contributed by atoms with Gasteiger partial charge in [-0.3, -0.25) is 14.6 Å². The number of aromatic nitrogens is 1. The molecule has 2 N–H and O–H groups in total. The van der Waals surface area contributed by atoms with E-state index >= 15 is 0 Å². The quantitative estimate of drug-likeness (QED) is 0.755. The van der Waals surface area contributed by atoms with Gasteiger partial charge in [0, 0.05) is 38.4 Å². The molecule has 1 amide bonds. The lowest BCUT2D eigenvalue weighted by molar-refractivity contribution is -0.149. The largest absolute Gasteiger partial charge is 0.481 e. The lowest BCUT2D eigenvalue weighted by Gasteiger charge is -2.23. The number of carbonyl (C=O) groups is 2. The van der Waals surface area contributed by atoms with Crippen molar-refractivity contribution in [3.05, 3.63) is 24.5 Å². The van der Waals surface area contributed by atoms with Crippen molar-refractivity contribution >= 4 is 21.9 Å². The number of nitrogens with zero attached hydrogens (tertiary/aromatic N) is 2. The molecule has 0 bridgehead atoms. The molecule has 1 aliphatic carbocycles. The Balaban J connectivity index is 1.55. The fraction of sp³-hybridized carbons (Fsp3) is 0.562. The summed E-state index contributed by atoms with van der Waals surface area (Å²) in [5, 5.41) is 9.55. The van der Waals surface area contributed by atoms with E-state index in [2.05, 4.69) is 9.71 Å². The molecule has 136 valence electrons. The van der Waals surface area contributed by atoms with Gasteiger partial charge in [0.25, 0.3) is 0 Å². The molecule has 2 atom stereocenters. The van der Waals surface area contributed by atoms with E-state index in [1.165, 1.54) is 24.5 Å². The second-order valence-electron chi connectivity index (χ2n) is 6.66. The highest BCUT2D eigenvalue weighted by Gasteiger charge is 2.55. The van der Waals surface area contributed by atoms with E-state index in [1.807, 2.05) is 0 Å². The van der Waals surface area contributed by atoms with Crippen LogP contribution in [0.15, 0.2) is 29.4 Å². The molecular formula is C16H21N3O5S. The summed E-state index contributed by atoms with van der Waals surface area (Å²) in [5.74, 6) is -1.05. The van der Waals surface area contributed by atoms with Crippen molar-refractivity contribution in [3.63, 3.8) is 0 Å². The Bertz CT molecular complexity index is 767. The Morgan fingerprint density at radius 3 is 2.88 bits per heavy atom. The van der Waals surface area contributed by atoms with Crippen LogP contribution in [-0.4, -0.2) is 54.9 Å². The smallest absolute Gasteiger partial charge is 0.311 e. The SMILES string of the molecule is O=C(CCNS(=O)(=O)c1cccnc1)N1C[C@@H]2CCC[C@@]2(C(=O)O)C1. The molecule has 1 saturated carbocycles. The van der Waals surface area contributed by atoms with E-state index in [4.69, 9.17) is 0 Å². The molecule has 3 rings (SSSR count). The first-order valence-electron chi connectivity index (χ1n) is 8.26. The number of rotatable bonds is 6. The van der Waals surface area contributed by atoms with Crippen LogP contribution in [0.4, 0.5) is 0 Å². The standard InChI is InChI=1S/C16H21N3O5S/c20-14(5-8-18-25(23,24)13-4-2-7-17-9-13)19-10-12-3-1-6-16(12,11-19)15(21)22/h2,4,7,9,12,18H,1,3,5-6,8,10-11H2,(H,21,22)/t12-,16+/m0/s1. The number of carbonyl (C=O) groups excluding carboxylic acids is 1. The zero-order chi connectivity index (χ0) is 18.1. The highest BCUT2D eigenvalue weighted by atomic mass is 32.2. The fourth-order valence-electron chi connectivity index (χ4n) is 3.87. The third kappa shape index (κ3) is 3.38. The lowest BCUT2D eigenvalue weighted by atomic mass is 9.81. The van der Waals surface area contributed by atoms with Crippen molar-refractivity contribution in [3.8, 4) is 0 Å². The topological polar surface area (TPSA) is 117 Å². The van der Waals surface area contributed by atoms with Crippen molar-refractivity contribution < 1.29 is 23.1 Å². The average molecular weight is 367 g/mol. The minimum atomic E-state index is -3.70. The summed E-state index contributed by atoms with van der Waals surface area (Å²) in [6, 6.07) is 2.95. The van der Waals surface area contributed by atoms with Crippen LogP contribution >= 0.6 is 0 Å². The maximum Gasteiger partial charge on any atom is 0.311 e. The predicted octanol–water partition coefficient (Wildman–Crippen LogP) is 0.463. The van der Waals surface area contributed by atoms with Crippen molar-refractivity contribution in [2.45, 2.75) is 30.6 Å². The summed E-state index contributed by atoms with van der Waals surface area (Å²) >= 11 is 0. The summed E-state index contributed by atoms with van der Waals surface area (Å²) in [7, 11) is -3.70. The van der Waals surface area contributed by atoms with Gasteiger partial charge in [0.2, 0.25) is 15.9 Å². The number of carboxylic acids is 1. The first kappa shape index (κ1) is 17.8. The van der Waals surface area contributed by atoms with Gasteiger partial charge in [-0.2, -0.15) is 0 Å². The number of nitrogens with one attached hydrogen (secondary N) is 1. The minimum Gasteiger partial charge on any atom is -0.481 e. The van der Waals surface area contributed by atoms with Crippen LogP contribution in [0.2, 0.25) is 0 Å². The normalized spacial score (nSPS) is 25.8. The zero-order valence-electron chi connectivity index (χ0n) is 13.7. The number of pyridine rings is 1. The summed E-state index contributed by atoms with van der Waals surface area (Å²) in [6.45, 7) is 0.638. The van der Waals surface area contributed by atoms with Crippen LogP contribution in [0.3, 0.4) is 0 Å². The van der Waals surface area contributed by atoms with Gasteiger partial charge in [-0.05, 0) is 30.9 Å². The Morgan fingerprint density at radius 2 is 2.24 bits per heavy atom. The molecule has 0 spiro atoms. The maximum absolute atomic E-state index is 12.3. The molecule has 0 unspecified atom stereocenters. The molecule has 2 aliphatic rings. The van der Waals surface area contributed by atoms with Crippen LogP contribution in [-0.2, 0) is 19.6 Å². The van der Waals surface area contributed by atoms with E-state index < -0.39 is 21.4 Å². The van der Waals surface area contributed by atoms with E-state index in [1.54, 1.807) is 4.90 Å². The molecule has 1 aromatic heterocycles. The summed E-state index contributed by atoms with van der Waals surface area (Å²) < 4.78 is 26.5. The highest BCUT2D eigenvalue weighted by Crippen LogP contribution is 2.48. The number of sulfonamides is 1. The van der Waals surface area contributed by atoms with Gasteiger partial charge < -0.3 is 10.0 Å². The number of hydrogen-bond acceptors (Lipinski definition) is 5. The fourth-order valence-corrected chi connectivity index (χ4v) is 4.86. The molecule has 0 aromatic carbocycles. The van der Waals surface area contributed by atoms with Crippen LogP contribution in [0.1, 0.15) is 25.7 Å². The first-order valence-corrected chi connectivity index (χ1v) is 9.74. The third-order valence-corrected chi connectivity index (χ3v) is 6.67. The van der Waals surface area contributed by atoms with Crippen molar-refractivity contribution in [1.29, 1.82) is 0 Å². The van der Waals surface area contributed by atoms with Crippen LogP contribution < -0.4 is 4.72 Å². The molecule has 2 fully saturated rings. The Morgan fingerprint density at radius 1 is 1.44 bits per heavy atom. The Hall–Kier alpha value is -2.00. The van der Waals surface area contributed by atoms with Gasteiger partial charge >= 0.3 is 5.97 Å². The van der Waals surface area contributed by atoms with Gasteiger partial charge in [-0.1, -0.05) is 6.42 Å². The third-order valence-electron chi connectivity index (χ3n) is 5.23. The van der Waals surface area contributed by atoms with Crippen molar-refractivity contribution in [2.24, 2.45) is 11.3 Å². The Labute approximate surface area is 146 Å². The average Bonchev–Trinajstić information content (AvgIpc) is 3.13. The zero-order valence-corrected chi connectivity index (χ0v) is 14.5. The number of aliphatic carboxylic acids is 1. The van der Waals surface area contributed by atoms with Crippen LogP contribution in [0.25, 0.3) is 0 Å². The second kappa shape index (κ2) is 6.72. The molecule has 1 aromatic rings. The predicted molar refractivity (Wildman–Crippen MR) is 88.0 cm³/mol. The monoisotopic (exact) mass is 367 g/mol. The molecule has 1 aliphatic heterocycles. The molecule has 25 heavy (non-hydrogen) atoms. The minimum absolute atomic E-state index is 0.000958. The van der Waals surface area contributed by atoms with Crippen molar-refractivity contribution in [1.82, 2.24) is 14.6 Å².